The molecule has 1 heterocycles. The summed E-state index contributed by atoms with van der Waals surface area (Å²) in [5.74, 6) is -0.334. The molecule has 0 bridgehead atoms. The number of fused-ring (bicyclic) bond motifs is 1. The van der Waals surface area contributed by atoms with Crippen LogP contribution in [0.4, 0.5) is 13.9 Å². The SMILES string of the molecule is N[C@H]1CCc2nc(NC(=O)c3ccc(OC(F)F)cc3)sc2C1. The van der Waals surface area contributed by atoms with Gasteiger partial charge in [-0.3, -0.25) is 10.1 Å². The van der Waals surface area contributed by atoms with E-state index >= 15 is 0 Å². The number of carbonyl (C=O) groups is 1. The van der Waals surface area contributed by atoms with E-state index in [1.54, 1.807) is 0 Å². The molecule has 0 radical (unpaired) electrons. The summed E-state index contributed by atoms with van der Waals surface area (Å²) in [5.41, 5.74) is 7.26. The van der Waals surface area contributed by atoms with Crippen molar-refractivity contribution in [2.75, 3.05) is 5.32 Å². The minimum absolute atomic E-state index is 0.00949. The second-order valence-corrected chi connectivity index (χ2v) is 6.33. The molecule has 0 spiro atoms. The third kappa shape index (κ3) is 3.83. The minimum atomic E-state index is -2.89. The van der Waals surface area contributed by atoms with Crippen molar-refractivity contribution in [1.29, 1.82) is 0 Å². The van der Waals surface area contributed by atoms with Crippen molar-refractivity contribution in [1.82, 2.24) is 4.98 Å². The first kappa shape index (κ1) is 15.8. The van der Waals surface area contributed by atoms with Crippen molar-refractivity contribution in [2.24, 2.45) is 5.73 Å². The monoisotopic (exact) mass is 339 g/mol. The van der Waals surface area contributed by atoms with Crippen LogP contribution in [0.5, 0.6) is 5.75 Å². The highest BCUT2D eigenvalue weighted by atomic mass is 32.1. The average Bonchev–Trinajstić information content (AvgIpc) is 2.88. The number of hydrogen-bond donors (Lipinski definition) is 2. The summed E-state index contributed by atoms with van der Waals surface area (Å²) in [6, 6.07) is 5.65. The summed E-state index contributed by atoms with van der Waals surface area (Å²) >= 11 is 1.43. The Morgan fingerprint density at radius 2 is 2.13 bits per heavy atom. The predicted molar refractivity (Wildman–Crippen MR) is 83.1 cm³/mol. The van der Waals surface area contributed by atoms with Gasteiger partial charge in [-0.2, -0.15) is 8.78 Å². The van der Waals surface area contributed by atoms with E-state index in [9.17, 15) is 13.6 Å². The van der Waals surface area contributed by atoms with Crippen LogP contribution < -0.4 is 15.8 Å². The lowest BCUT2D eigenvalue weighted by Crippen LogP contribution is -2.27. The Morgan fingerprint density at radius 3 is 2.83 bits per heavy atom. The highest BCUT2D eigenvalue weighted by Crippen LogP contribution is 2.29. The van der Waals surface area contributed by atoms with Gasteiger partial charge in [-0.05, 0) is 43.5 Å². The number of ether oxygens (including phenoxy) is 1. The molecule has 8 heteroatoms. The molecule has 3 N–H and O–H groups in total. The number of alkyl halides is 2. The number of thiazole rings is 1. The third-order valence-electron chi connectivity index (χ3n) is 3.54. The number of halogens is 2. The fourth-order valence-electron chi connectivity index (χ4n) is 2.41. The Hall–Kier alpha value is -2.06. The number of aromatic nitrogens is 1. The number of nitrogens with two attached hydrogens (primary N) is 1. The fourth-order valence-corrected chi connectivity index (χ4v) is 3.51. The molecule has 5 nitrogen and oxygen atoms in total. The predicted octanol–water partition coefficient (Wildman–Crippen LogP) is 2.81. The summed E-state index contributed by atoms with van der Waals surface area (Å²) in [7, 11) is 0. The van der Waals surface area contributed by atoms with Gasteiger partial charge in [0.25, 0.3) is 5.91 Å². The minimum Gasteiger partial charge on any atom is -0.435 e. The van der Waals surface area contributed by atoms with E-state index in [2.05, 4.69) is 15.0 Å². The molecular formula is C15H15F2N3O2S. The maximum Gasteiger partial charge on any atom is 0.387 e. The zero-order chi connectivity index (χ0) is 16.4. The van der Waals surface area contributed by atoms with Crippen LogP contribution in [0.3, 0.4) is 0 Å². The average molecular weight is 339 g/mol. The normalized spacial score (nSPS) is 17.0. The molecule has 122 valence electrons. The molecule has 1 amide bonds. The van der Waals surface area contributed by atoms with Crippen molar-refractivity contribution in [3.63, 3.8) is 0 Å². The number of nitrogens with one attached hydrogen (secondary N) is 1. The van der Waals surface area contributed by atoms with Gasteiger partial charge in [-0.1, -0.05) is 0 Å². The molecule has 2 aromatic rings. The van der Waals surface area contributed by atoms with E-state index in [4.69, 9.17) is 5.73 Å². The quantitative estimate of drug-likeness (QED) is 0.898. The molecule has 1 aliphatic carbocycles. The topological polar surface area (TPSA) is 77.2 Å². The van der Waals surface area contributed by atoms with Crippen LogP contribution in [0, 0.1) is 0 Å². The van der Waals surface area contributed by atoms with Crippen molar-refractivity contribution < 1.29 is 18.3 Å². The van der Waals surface area contributed by atoms with Gasteiger partial charge >= 0.3 is 6.61 Å². The second kappa shape index (κ2) is 6.59. The summed E-state index contributed by atoms with van der Waals surface area (Å²) in [6.45, 7) is -2.89. The summed E-state index contributed by atoms with van der Waals surface area (Å²) < 4.78 is 28.4. The Balaban J connectivity index is 1.67. The van der Waals surface area contributed by atoms with E-state index in [0.717, 1.165) is 29.8 Å². The number of anilines is 1. The Labute approximate surface area is 135 Å². The number of nitrogens with zero attached hydrogens (tertiary/aromatic N) is 1. The van der Waals surface area contributed by atoms with Crippen LogP contribution in [-0.4, -0.2) is 23.5 Å². The van der Waals surface area contributed by atoms with Crippen molar-refractivity contribution in [3.8, 4) is 5.75 Å². The molecule has 1 aromatic carbocycles. The molecule has 3 rings (SSSR count). The molecule has 1 atom stereocenters. The number of benzene rings is 1. The summed E-state index contributed by atoms with van der Waals surface area (Å²) in [4.78, 5) is 17.7. The zero-order valence-electron chi connectivity index (χ0n) is 12.1. The number of aryl methyl sites for hydroxylation is 1. The standard InChI is InChI=1S/C15H15F2N3O2S/c16-14(17)22-10-4-1-8(2-5-10)13(21)20-15-19-11-6-3-9(18)7-12(11)23-15/h1-2,4-5,9,14H,3,6-7,18H2,(H,19,20,21)/t9-/m0/s1. The summed E-state index contributed by atoms with van der Waals surface area (Å²) in [5, 5.41) is 3.26. The Kier molecular flexibility index (Phi) is 4.53. The summed E-state index contributed by atoms with van der Waals surface area (Å²) in [6.07, 6.45) is 2.50. The number of carbonyl (C=O) groups excluding carboxylic acids is 1. The highest BCUT2D eigenvalue weighted by Gasteiger charge is 2.21. The number of amides is 1. The first-order chi connectivity index (χ1) is 11.0. The lowest BCUT2D eigenvalue weighted by molar-refractivity contribution is -0.0498. The molecule has 0 aliphatic heterocycles. The van der Waals surface area contributed by atoms with Crippen LogP contribution in [0.25, 0.3) is 0 Å². The maximum atomic E-state index is 12.2. The second-order valence-electron chi connectivity index (χ2n) is 5.25. The fraction of sp³-hybridized carbons (Fsp3) is 0.333. The van der Waals surface area contributed by atoms with E-state index in [0.29, 0.717) is 10.7 Å². The van der Waals surface area contributed by atoms with Gasteiger partial charge in [0.15, 0.2) is 5.13 Å². The number of rotatable bonds is 4. The van der Waals surface area contributed by atoms with Crippen molar-refractivity contribution in [3.05, 3.63) is 40.4 Å². The van der Waals surface area contributed by atoms with Crippen LogP contribution in [0.15, 0.2) is 24.3 Å². The molecular weight excluding hydrogens is 324 g/mol. The zero-order valence-corrected chi connectivity index (χ0v) is 12.9. The smallest absolute Gasteiger partial charge is 0.387 e. The lowest BCUT2D eigenvalue weighted by atomic mass is 9.99. The van der Waals surface area contributed by atoms with Crippen molar-refractivity contribution >= 4 is 22.4 Å². The highest BCUT2D eigenvalue weighted by molar-refractivity contribution is 7.15. The first-order valence-corrected chi connectivity index (χ1v) is 7.93. The van der Waals surface area contributed by atoms with Gasteiger partial charge in [0.05, 0.1) is 5.69 Å². The van der Waals surface area contributed by atoms with E-state index in [1.165, 1.54) is 35.6 Å². The first-order valence-electron chi connectivity index (χ1n) is 7.11. The molecule has 0 unspecified atom stereocenters. The van der Waals surface area contributed by atoms with Crippen molar-refractivity contribution in [2.45, 2.75) is 31.9 Å². The largest absolute Gasteiger partial charge is 0.435 e. The van der Waals surface area contributed by atoms with Crippen LogP contribution in [0.1, 0.15) is 27.3 Å². The van der Waals surface area contributed by atoms with E-state index < -0.39 is 6.61 Å². The molecule has 1 aromatic heterocycles. The lowest BCUT2D eigenvalue weighted by Gasteiger charge is -2.15. The van der Waals surface area contributed by atoms with Gasteiger partial charge < -0.3 is 10.5 Å². The van der Waals surface area contributed by atoms with Gasteiger partial charge in [-0.25, -0.2) is 4.98 Å². The molecule has 0 fully saturated rings. The van der Waals surface area contributed by atoms with Gasteiger partial charge in [-0.15, -0.1) is 11.3 Å². The van der Waals surface area contributed by atoms with Gasteiger partial charge in [0.1, 0.15) is 5.75 Å². The molecule has 23 heavy (non-hydrogen) atoms. The van der Waals surface area contributed by atoms with Crippen LogP contribution >= 0.6 is 11.3 Å². The molecule has 0 saturated heterocycles. The van der Waals surface area contributed by atoms with E-state index in [-0.39, 0.29) is 17.7 Å². The Morgan fingerprint density at radius 1 is 1.39 bits per heavy atom. The number of hydrogen-bond acceptors (Lipinski definition) is 5. The Bertz CT molecular complexity index is 703. The van der Waals surface area contributed by atoms with Gasteiger partial charge in [0.2, 0.25) is 0 Å². The van der Waals surface area contributed by atoms with Crippen LogP contribution in [-0.2, 0) is 12.8 Å². The maximum absolute atomic E-state index is 12.2. The molecule has 1 aliphatic rings. The third-order valence-corrected chi connectivity index (χ3v) is 4.58. The molecule has 0 saturated carbocycles. The van der Waals surface area contributed by atoms with Crippen LogP contribution in [0.2, 0.25) is 0 Å². The van der Waals surface area contributed by atoms with E-state index in [1.807, 2.05) is 0 Å². The van der Waals surface area contributed by atoms with Gasteiger partial charge in [0, 0.05) is 16.5 Å².